The Morgan fingerprint density at radius 2 is 1.96 bits per heavy atom. The van der Waals surface area contributed by atoms with Gasteiger partial charge in [0.1, 0.15) is 18.2 Å². The first-order chi connectivity index (χ1) is 13.5. The van der Waals surface area contributed by atoms with Crippen LogP contribution in [-0.4, -0.2) is 32.8 Å². The molecule has 142 valence electrons. The fourth-order valence-corrected chi connectivity index (χ4v) is 3.16. The number of pyridine rings is 1. The molecule has 3 aromatic rings. The molecular formula is C18H14ClN5O4. The molecule has 1 aliphatic rings. The first kappa shape index (κ1) is 17.8. The van der Waals surface area contributed by atoms with Crippen molar-refractivity contribution in [3.8, 4) is 11.4 Å². The number of carbonyl (C=O) groups excluding carboxylic acids is 2. The number of hydrogen-bond acceptors (Lipinski definition) is 6. The van der Waals surface area contributed by atoms with E-state index < -0.39 is 17.4 Å². The van der Waals surface area contributed by atoms with Gasteiger partial charge < -0.3 is 10.5 Å². The van der Waals surface area contributed by atoms with Gasteiger partial charge in [-0.15, -0.1) is 0 Å². The largest absolute Gasteiger partial charge is 0.489 e. The van der Waals surface area contributed by atoms with Gasteiger partial charge in [-0.1, -0.05) is 23.7 Å². The summed E-state index contributed by atoms with van der Waals surface area (Å²) in [4.78, 5) is 36.4. The Balaban J connectivity index is 1.69. The molecule has 0 bridgehead atoms. The average Bonchev–Trinajstić information content (AvgIpc) is 3.19. The van der Waals surface area contributed by atoms with Gasteiger partial charge in [-0.3, -0.25) is 28.9 Å². The number of nitrogens with two attached hydrogens (primary N) is 1. The molecule has 3 N–H and O–H groups in total. The second-order valence-corrected chi connectivity index (χ2v) is 6.45. The van der Waals surface area contributed by atoms with Crippen LogP contribution in [0.25, 0.3) is 5.69 Å². The molecular weight excluding hydrogens is 386 g/mol. The summed E-state index contributed by atoms with van der Waals surface area (Å²) in [5.41, 5.74) is 5.84. The van der Waals surface area contributed by atoms with Gasteiger partial charge in [-0.05, 0) is 12.1 Å². The summed E-state index contributed by atoms with van der Waals surface area (Å²) >= 11 is 5.83. The molecule has 0 atom stereocenters. The molecule has 0 radical (unpaired) electrons. The van der Waals surface area contributed by atoms with Crippen molar-refractivity contribution in [3.05, 3.63) is 69.2 Å². The standard InChI is InChI=1S/C18H14ClN5O4/c19-10-8-21-23(9-10)5-6-28-13-4-2-1-3-12(13)24-14(25)7-11-15(16(24)20)18(27)22-17(11)26/h1-4,7-9H,5-6,20H2,(H,22,26,27). The summed E-state index contributed by atoms with van der Waals surface area (Å²) in [5.74, 6) is -1.02. The number of benzene rings is 1. The molecule has 9 nitrogen and oxygen atoms in total. The van der Waals surface area contributed by atoms with Crippen molar-refractivity contribution < 1.29 is 14.3 Å². The normalized spacial score (nSPS) is 12.8. The molecule has 28 heavy (non-hydrogen) atoms. The van der Waals surface area contributed by atoms with Crippen LogP contribution >= 0.6 is 11.6 Å². The maximum atomic E-state index is 12.6. The van der Waals surface area contributed by atoms with Crippen molar-refractivity contribution in [2.24, 2.45) is 0 Å². The summed E-state index contributed by atoms with van der Waals surface area (Å²) < 4.78 is 8.57. The molecule has 2 amide bonds. The van der Waals surface area contributed by atoms with E-state index in [0.717, 1.165) is 10.6 Å². The van der Waals surface area contributed by atoms with E-state index in [2.05, 4.69) is 10.4 Å². The number of hydrogen-bond donors (Lipinski definition) is 2. The van der Waals surface area contributed by atoms with Crippen molar-refractivity contribution in [1.29, 1.82) is 0 Å². The van der Waals surface area contributed by atoms with E-state index in [9.17, 15) is 14.4 Å². The van der Waals surface area contributed by atoms with Gasteiger partial charge in [0.25, 0.3) is 17.4 Å². The highest BCUT2D eigenvalue weighted by atomic mass is 35.5. The fraction of sp³-hybridized carbons (Fsp3) is 0.111. The third-order valence-electron chi connectivity index (χ3n) is 4.24. The number of para-hydroxylation sites is 2. The van der Waals surface area contributed by atoms with Crippen LogP contribution in [-0.2, 0) is 6.54 Å². The average molecular weight is 400 g/mol. The number of nitrogen functional groups attached to an aromatic ring is 1. The van der Waals surface area contributed by atoms with Crippen LogP contribution in [0.1, 0.15) is 20.7 Å². The molecule has 1 aromatic carbocycles. The van der Waals surface area contributed by atoms with Crippen molar-refractivity contribution in [2.75, 3.05) is 12.3 Å². The monoisotopic (exact) mass is 399 g/mol. The summed E-state index contributed by atoms with van der Waals surface area (Å²) in [6.07, 6.45) is 3.18. The van der Waals surface area contributed by atoms with E-state index >= 15 is 0 Å². The summed E-state index contributed by atoms with van der Waals surface area (Å²) in [6.45, 7) is 0.695. The number of anilines is 1. The minimum Gasteiger partial charge on any atom is -0.489 e. The molecule has 2 aromatic heterocycles. The Labute approximate surface area is 163 Å². The minimum atomic E-state index is -0.640. The number of nitrogens with zero attached hydrogens (tertiary/aromatic N) is 3. The quantitative estimate of drug-likeness (QED) is 0.622. The van der Waals surface area contributed by atoms with Crippen LogP contribution in [0, 0.1) is 0 Å². The van der Waals surface area contributed by atoms with Crippen molar-refractivity contribution in [2.45, 2.75) is 6.54 Å². The van der Waals surface area contributed by atoms with Crippen molar-refractivity contribution >= 4 is 29.2 Å². The van der Waals surface area contributed by atoms with Crippen molar-refractivity contribution in [3.63, 3.8) is 0 Å². The first-order valence-corrected chi connectivity index (χ1v) is 8.65. The number of carbonyl (C=O) groups is 2. The van der Waals surface area contributed by atoms with Gasteiger partial charge in [-0.2, -0.15) is 5.10 Å². The highest BCUT2D eigenvalue weighted by Gasteiger charge is 2.32. The number of ether oxygens (including phenoxy) is 1. The number of imide groups is 1. The van der Waals surface area contributed by atoms with Crippen LogP contribution in [0.5, 0.6) is 5.75 Å². The molecule has 0 fully saturated rings. The van der Waals surface area contributed by atoms with E-state index in [-0.39, 0.29) is 23.6 Å². The van der Waals surface area contributed by atoms with Crippen LogP contribution in [0.15, 0.2) is 47.5 Å². The van der Waals surface area contributed by atoms with Gasteiger partial charge >= 0.3 is 0 Å². The number of rotatable bonds is 5. The predicted molar refractivity (Wildman–Crippen MR) is 101 cm³/mol. The van der Waals surface area contributed by atoms with Crippen molar-refractivity contribution in [1.82, 2.24) is 19.7 Å². The van der Waals surface area contributed by atoms with Gasteiger partial charge in [0.05, 0.1) is 34.6 Å². The van der Waals surface area contributed by atoms with E-state index in [1.54, 1.807) is 35.1 Å². The maximum absolute atomic E-state index is 12.6. The Kier molecular flexibility index (Phi) is 4.36. The van der Waals surface area contributed by atoms with Gasteiger partial charge in [-0.25, -0.2) is 0 Å². The van der Waals surface area contributed by atoms with Crippen LogP contribution in [0.2, 0.25) is 5.02 Å². The predicted octanol–water partition coefficient (Wildman–Crippen LogP) is 1.23. The molecule has 0 aliphatic carbocycles. The Morgan fingerprint density at radius 1 is 1.18 bits per heavy atom. The third kappa shape index (κ3) is 3.01. The van der Waals surface area contributed by atoms with E-state index in [1.807, 2.05) is 0 Å². The van der Waals surface area contributed by atoms with Gasteiger partial charge in [0.15, 0.2) is 0 Å². The summed E-state index contributed by atoms with van der Waals surface area (Å²) in [6, 6.07) is 7.86. The molecule has 0 unspecified atom stereocenters. The van der Waals surface area contributed by atoms with Crippen LogP contribution in [0.3, 0.4) is 0 Å². The maximum Gasteiger partial charge on any atom is 0.262 e. The highest BCUT2D eigenvalue weighted by molar-refractivity contribution is 6.30. The molecule has 10 heteroatoms. The lowest BCUT2D eigenvalue weighted by Gasteiger charge is -2.16. The zero-order chi connectivity index (χ0) is 19.8. The summed E-state index contributed by atoms with van der Waals surface area (Å²) in [7, 11) is 0. The van der Waals surface area contributed by atoms with Gasteiger partial charge in [0.2, 0.25) is 0 Å². The zero-order valence-corrected chi connectivity index (χ0v) is 15.1. The van der Waals surface area contributed by atoms with E-state index in [1.165, 1.54) is 6.20 Å². The zero-order valence-electron chi connectivity index (χ0n) is 14.4. The van der Waals surface area contributed by atoms with E-state index in [0.29, 0.717) is 23.0 Å². The molecule has 0 saturated heterocycles. The number of halogens is 1. The Bertz CT molecular complexity index is 1170. The lowest BCUT2D eigenvalue weighted by Crippen LogP contribution is -2.24. The van der Waals surface area contributed by atoms with Crippen LogP contribution < -0.4 is 21.3 Å². The number of aromatic nitrogens is 3. The smallest absolute Gasteiger partial charge is 0.262 e. The second kappa shape index (κ2) is 6.86. The Morgan fingerprint density at radius 3 is 2.71 bits per heavy atom. The molecule has 0 spiro atoms. The lowest BCUT2D eigenvalue weighted by atomic mass is 10.1. The molecule has 3 heterocycles. The minimum absolute atomic E-state index is 0.0226. The topological polar surface area (TPSA) is 121 Å². The number of nitrogens with one attached hydrogen (secondary N) is 1. The van der Waals surface area contributed by atoms with Gasteiger partial charge in [0, 0.05) is 12.3 Å². The molecule has 4 rings (SSSR count). The molecule has 0 saturated carbocycles. The number of amides is 2. The number of fused-ring (bicyclic) bond motifs is 1. The second-order valence-electron chi connectivity index (χ2n) is 6.01. The van der Waals surface area contributed by atoms with E-state index in [4.69, 9.17) is 22.1 Å². The lowest BCUT2D eigenvalue weighted by molar-refractivity contribution is 0.0880. The SMILES string of the molecule is Nc1c2c(cc(=O)n1-c1ccccc1OCCn1cc(Cl)cn1)C(=O)NC2=O. The third-order valence-corrected chi connectivity index (χ3v) is 4.43. The highest BCUT2D eigenvalue weighted by Crippen LogP contribution is 2.27. The van der Waals surface area contributed by atoms with Crippen LogP contribution in [0.4, 0.5) is 5.82 Å². The molecule has 1 aliphatic heterocycles. The Hall–Kier alpha value is -3.59. The fourth-order valence-electron chi connectivity index (χ4n) is 3.00. The summed E-state index contributed by atoms with van der Waals surface area (Å²) in [5, 5.41) is 6.72. The first-order valence-electron chi connectivity index (χ1n) is 8.27.